The van der Waals surface area contributed by atoms with Crippen molar-refractivity contribution in [2.45, 2.75) is 20.3 Å². The maximum absolute atomic E-state index is 10.9. The van der Waals surface area contributed by atoms with E-state index < -0.39 is 11.9 Å². The van der Waals surface area contributed by atoms with Crippen LogP contribution in [-0.2, 0) is 16.0 Å². The van der Waals surface area contributed by atoms with Crippen LogP contribution in [0.15, 0.2) is 18.2 Å². The van der Waals surface area contributed by atoms with Crippen molar-refractivity contribution in [3.05, 3.63) is 23.8 Å². The van der Waals surface area contributed by atoms with Crippen LogP contribution in [0.4, 0.5) is 0 Å². The lowest BCUT2D eigenvalue weighted by atomic mass is 10.1. The smallest absolute Gasteiger partial charge is 0.308 e. The van der Waals surface area contributed by atoms with Crippen molar-refractivity contribution in [2.24, 2.45) is 0 Å². The summed E-state index contributed by atoms with van der Waals surface area (Å²) in [6.07, 6.45) is 0.439. The Balaban J connectivity index is 3.02. The zero-order chi connectivity index (χ0) is 12.8. The molecule has 5 nitrogen and oxygen atoms in total. The molecule has 0 spiro atoms. The number of rotatable bonds is 4. The van der Waals surface area contributed by atoms with Crippen LogP contribution in [-0.4, -0.2) is 23.7 Å². The Bertz CT molecular complexity index is 425. The van der Waals surface area contributed by atoms with Crippen molar-refractivity contribution < 1.29 is 24.2 Å². The summed E-state index contributed by atoms with van der Waals surface area (Å²) < 4.78 is 9.84. The summed E-state index contributed by atoms with van der Waals surface area (Å²) in [5, 5.41) is 8.81. The quantitative estimate of drug-likeness (QED) is 0.627. The first-order valence-electron chi connectivity index (χ1n) is 5.13. The van der Waals surface area contributed by atoms with E-state index in [0.29, 0.717) is 6.42 Å². The second kappa shape index (κ2) is 6.00. The van der Waals surface area contributed by atoms with Crippen molar-refractivity contribution >= 4 is 11.9 Å². The number of aliphatic hydroxyl groups excluding tert-OH is 1. The van der Waals surface area contributed by atoms with Crippen LogP contribution in [0.5, 0.6) is 11.5 Å². The highest BCUT2D eigenvalue weighted by molar-refractivity contribution is 5.73. The van der Waals surface area contributed by atoms with Crippen LogP contribution in [0.25, 0.3) is 0 Å². The minimum atomic E-state index is -0.500. The molecule has 0 radical (unpaired) electrons. The average Bonchev–Trinajstić information content (AvgIpc) is 2.21. The van der Waals surface area contributed by atoms with Crippen LogP contribution < -0.4 is 9.47 Å². The third kappa shape index (κ3) is 4.24. The van der Waals surface area contributed by atoms with Gasteiger partial charge in [-0.05, 0) is 24.1 Å². The van der Waals surface area contributed by atoms with Gasteiger partial charge in [-0.15, -0.1) is 0 Å². The monoisotopic (exact) mass is 238 g/mol. The Hall–Kier alpha value is -1.88. The summed E-state index contributed by atoms with van der Waals surface area (Å²) in [6.45, 7) is 2.52. The molecule has 0 aliphatic heterocycles. The fourth-order valence-electron chi connectivity index (χ4n) is 1.31. The Morgan fingerprint density at radius 2 is 1.71 bits per heavy atom. The summed E-state index contributed by atoms with van der Waals surface area (Å²) >= 11 is 0. The molecule has 92 valence electrons. The first kappa shape index (κ1) is 13.2. The van der Waals surface area contributed by atoms with Gasteiger partial charge in [-0.2, -0.15) is 0 Å². The van der Waals surface area contributed by atoms with E-state index >= 15 is 0 Å². The summed E-state index contributed by atoms with van der Waals surface area (Å²) in [6, 6.07) is 4.79. The van der Waals surface area contributed by atoms with Crippen LogP contribution >= 0.6 is 0 Å². The van der Waals surface area contributed by atoms with Gasteiger partial charge >= 0.3 is 11.9 Å². The van der Waals surface area contributed by atoms with Gasteiger partial charge in [-0.25, -0.2) is 0 Å². The molecule has 0 saturated carbocycles. The molecule has 0 aliphatic carbocycles. The van der Waals surface area contributed by atoms with E-state index in [2.05, 4.69) is 0 Å². The Morgan fingerprint density at radius 1 is 1.12 bits per heavy atom. The molecular formula is C12H14O5. The van der Waals surface area contributed by atoms with Crippen LogP contribution in [0.1, 0.15) is 19.4 Å². The highest BCUT2D eigenvalue weighted by atomic mass is 16.6. The van der Waals surface area contributed by atoms with Crippen molar-refractivity contribution in [1.29, 1.82) is 0 Å². The van der Waals surface area contributed by atoms with Crippen molar-refractivity contribution in [2.75, 3.05) is 6.61 Å². The molecule has 1 aromatic carbocycles. The molecule has 0 bridgehead atoms. The first-order chi connectivity index (χ1) is 8.02. The van der Waals surface area contributed by atoms with E-state index in [0.717, 1.165) is 5.56 Å². The highest BCUT2D eigenvalue weighted by Crippen LogP contribution is 2.29. The fraction of sp³-hybridized carbons (Fsp3) is 0.333. The second-order valence-electron chi connectivity index (χ2n) is 3.44. The largest absolute Gasteiger partial charge is 0.423 e. The molecule has 0 aromatic heterocycles. The topological polar surface area (TPSA) is 72.8 Å². The lowest BCUT2D eigenvalue weighted by molar-refractivity contribution is -0.134. The van der Waals surface area contributed by atoms with E-state index in [4.69, 9.17) is 14.6 Å². The first-order valence-corrected chi connectivity index (χ1v) is 5.13. The summed E-state index contributed by atoms with van der Waals surface area (Å²) in [4.78, 5) is 21.8. The number of ether oxygens (including phenoxy) is 2. The summed E-state index contributed by atoms with van der Waals surface area (Å²) in [5.74, 6) is -0.624. The molecule has 0 saturated heterocycles. The number of hydrogen-bond donors (Lipinski definition) is 1. The molecule has 0 fully saturated rings. The maximum atomic E-state index is 10.9. The van der Waals surface area contributed by atoms with E-state index in [-0.39, 0.29) is 18.1 Å². The molecule has 17 heavy (non-hydrogen) atoms. The molecule has 0 atom stereocenters. The lowest BCUT2D eigenvalue weighted by Crippen LogP contribution is -2.07. The van der Waals surface area contributed by atoms with Crippen molar-refractivity contribution in [3.8, 4) is 11.5 Å². The van der Waals surface area contributed by atoms with Gasteiger partial charge in [0.25, 0.3) is 0 Å². The SMILES string of the molecule is CC(=O)Oc1ccc(CCO)cc1OC(C)=O. The molecule has 1 rings (SSSR count). The Kier molecular flexibility index (Phi) is 4.66. The van der Waals surface area contributed by atoms with E-state index in [1.165, 1.54) is 19.9 Å². The fourth-order valence-corrected chi connectivity index (χ4v) is 1.31. The summed E-state index contributed by atoms with van der Waals surface area (Å²) in [7, 11) is 0. The van der Waals surface area contributed by atoms with Gasteiger partial charge in [0.1, 0.15) is 0 Å². The molecule has 1 N–H and O–H groups in total. The Labute approximate surface area is 99.0 Å². The molecule has 0 aliphatic rings. The van der Waals surface area contributed by atoms with Crippen LogP contribution in [0, 0.1) is 0 Å². The average molecular weight is 238 g/mol. The molecule has 0 heterocycles. The minimum Gasteiger partial charge on any atom is -0.423 e. The molecular weight excluding hydrogens is 224 g/mol. The van der Waals surface area contributed by atoms with Crippen LogP contribution in [0.3, 0.4) is 0 Å². The van der Waals surface area contributed by atoms with Gasteiger partial charge < -0.3 is 14.6 Å². The molecule has 0 unspecified atom stereocenters. The van der Waals surface area contributed by atoms with Gasteiger partial charge in [-0.1, -0.05) is 6.07 Å². The third-order valence-electron chi connectivity index (χ3n) is 1.92. The zero-order valence-corrected chi connectivity index (χ0v) is 9.73. The maximum Gasteiger partial charge on any atom is 0.308 e. The summed E-state index contributed by atoms with van der Waals surface area (Å²) in [5.41, 5.74) is 0.791. The highest BCUT2D eigenvalue weighted by Gasteiger charge is 2.10. The predicted octanol–water partition coefficient (Wildman–Crippen LogP) is 1.07. The van der Waals surface area contributed by atoms with Gasteiger partial charge in [0.15, 0.2) is 11.5 Å². The van der Waals surface area contributed by atoms with Crippen molar-refractivity contribution in [3.63, 3.8) is 0 Å². The van der Waals surface area contributed by atoms with E-state index in [1.807, 2.05) is 0 Å². The number of hydrogen-bond acceptors (Lipinski definition) is 5. The van der Waals surface area contributed by atoms with Gasteiger partial charge in [0, 0.05) is 20.5 Å². The Morgan fingerprint density at radius 3 is 2.24 bits per heavy atom. The number of benzene rings is 1. The van der Waals surface area contributed by atoms with E-state index in [9.17, 15) is 9.59 Å². The van der Waals surface area contributed by atoms with Gasteiger partial charge in [0.05, 0.1) is 0 Å². The lowest BCUT2D eigenvalue weighted by Gasteiger charge is -2.09. The minimum absolute atomic E-state index is 0.00752. The number of aliphatic hydroxyl groups is 1. The molecule has 1 aromatic rings. The van der Waals surface area contributed by atoms with Crippen molar-refractivity contribution in [1.82, 2.24) is 0 Å². The number of carbonyl (C=O) groups is 2. The predicted molar refractivity (Wildman–Crippen MR) is 59.8 cm³/mol. The standard InChI is InChI=1S/C12H14O5/c1-8(14)16-11-4-3-10(5-6-13)7-12(11)17-9(2)15/h3-4,7,13H,5-6H2,1-2H3. The van der Waals surface area contributed by atoms with Crippen LogP contribution in [0.2, 0.25) is 0 Å². The number of carbonyl (C=O) groups excluding carboxylic acids is 2. The molecule has 5 heteroatoms. The zero-order valence-electron chi connectivity index (χ0n) is 9.73. The van der Waals surface area contributed by atoms with Gasteiger partial charge in [0.2, 0.25) is 0 Å². The second-order valence-corrected chi connectivity index (χ2v) is 3.44. The number of esters is 2. The van der Waals surface area contributed by atoms with Gasteiger partial charge in [-0.3, -0.25) is 9.59 Å². The normalized spacial score (nSPS) is 9.82. The third-order valence-corrected chi connectivity index (χ3v) is 1.92. The molecule has 0 amide bonds. The van der Waals surface area contributed by atoms with E-state index in [1.54, 1.807) is 12.1 Å².